The van der Waals surface area contributed by atoms with E-state index in [2.05, 4.69) is 43.4 Å². The lowest BCUT2D eigenvalue weighted by molar-refractivity contribution is 0.731. The molecule has 1 aromatic carbocycles. The van der Waals surface area contributed by atoms with E-state index in [1.807, 2.05) is 20.0 Å². The molecule has 0 radical (unpaired) electrons. The summed E-state index contributed by atoms with van der Waals surface area (Å²) in [4.78, 5) is 0. The third-order valence-electron chi connectivity index (χ3n) is 3.02. The summed E-state index contributed by atoms with van der Waals surface area (Å²) >= 11 is 0. The molecule has 1 aliphatic heterocycles. The van der Waals surface area contributed by atoms with Gasteiger partial charge in [-0.2, -0.15) is 0 Å². The average molecular weight is 217 g/mol. The van der Waals surface area contributed by atoms with E-state index in [1.54, 1.807) is 0 Å². The first kappa shape index (κ1) is 12.8. The predicted molar refractivity (Wildman–Crippen MR) is 72.4 cm³/mol. The van der Waals surface area contributed by atoms with Crippen LogP contribution in [-0.2, 0) is 6.54 Å². The fourth-order valence-electron chi connectivity index (χ4n) is 1.79. The second-order valence-electron chi connectivity index (χ2n) is 3.98. The monoisotopic (exact) mass is 217 g/mol. The summed E-state index contributed by atoms with van der Waals surface area (Å²) in [6.07, 6.45) is 5.40. The van der Waals surface area contributed by atoms with Crippen LogP contribution in [0.25, 0.3) is 6.08 Å². The van der Waals surface area contributed by atoms with Gasteiger partial charge < -0.3 is 5.32 Å². The van der Waals surface area contributed by atoms with Crippen LogP contribution in [0.4, 0.5) is 0 Å². The van der Waals surface area contributed by atoms with E-state index in [4.69, 9.17) is 0 Å². The van der Waals surface area contributed by atoms with Gasteiger partial charge >= 0.3 is 0 Å². The smallest absolute Gasteiger partial charge is 0.0401 e. The normalized spacial score (nSPS) is 14.2. The van der Waals surface area contributed by atoms with Crippen molar-refractivity contribution in [1.29, 1.82) is 0 Å². The summed E-state index contributed by atoms with van der Waals surface area (Å²) in [5, 5.41) is 3.22. The van der Waals surface area contributed by atoms with Gasteiger partial charge in [-0.1, -0.05) is 45.9 Å². The summed E-state index contributed by atoms with van der Waals surface area (Å²) in [6, 6.07) is 6.82. The summed E-state index contributed by atoms with van der Waals surface area (Å²) in [5.41, 5.74) is 4.24. The molecule has 1 atom stereocenters. The molecule has 1 unspecified atom stereocenters. The molecular formula is C15H23N. The molecule has 0 saturated heterocycles. The first-order chi connectivity index (χ1) is 7.81. The predicted octanol–water partition coefficient (Wildman–Crippen LogP) is 4.30. The Hall–Kier alpha value is -1.24. The summed E-state index contributed by atoms with van der Waals surface area (Å²) < 4.78 is 0. The molecule has 0 aliphatic carbocycles. The van der Waals surface area contributed by atoms with Gasteiger partial charge in [0.2, 0.25) is 0 Å². The average Bonchev–Trinajstić information content (AvgIpc) is 2.39. The molecule has 88 valence electrons. The molecule has 0 spiro atoms. The molecule has 0 aromatic heterocycles. The van der Waals surface area contributed by atoms with Crippen LogP contribution >= 0.6 is 0 Å². The van der Waals surface area contributed by atoms with E-state index in [-0.39, 0.29) is 0 Å². The molecule has 0 amide bonds. The van der Waals surface area contributed by atoms with Crippen LogP contribution in [0.5, 0.6) is 0 Å². The van der Waals surface area contributed by atoms with Crippen molar-refractivity contribution in [1.82, 2.24) is 5.32 Å². The van der Waals surface area contributed by atoms with Gasteiger partial charge in [-0.3, -0.25) is 0 Å². The van der Waals surface area contributed by atoms with Gasteiger partial charge in [0.25, 0.3) is 0 Å². The zero-order chi connectivity index (χ0) is 12.0. The molecule has 1 aliphatic rings. The van der Waals surface area contributed by atoms with E-state index in [9.17, 15) is 0 Å². The standard InChI is InChI=1S/C13H17N.C2H6/c1-3-10(2)11-4-5-13-9-14-7-6-12(13)8-11;1-2/h4-8,10,14H,3,9H2,1-2H3;1-2H3. The molecule has 1 nitrogen and oxygen atoms in total. The van der Waals surface area contributed by atoms with E-state index in [0.29, 0.717) is 5.92 Å². The highest BCUT2D eigenvalue weighted by Crippen LogP contribution is 2.23. The Bertz CT molecular complexity index is 352. The van der Waals surface area contributed by atoms with Crippen LogP contribution in [0.2, 0.25) is 0 Å². The summed E-state index contributed by atoms with van der Waals surface area (Å²) in [5.74, 6) is 0.670. The van der Waals surface area contributed by atoms with Gasteiger partial charge in [-0.15, -0.1) is 0 Å². The third kappa shape index (κ3) is 2.88. The fraction of sp³-hybridized carbons (Fsp3) is 0.467. The van der Waals surface area contributed by atoms with E-state index < -0.39 is 0 Å². The van der Waals surface area contributed by atoms with E-state index in [0.717, 1.165) is 6.54 Å². The lowest BCUT2D eigenvalue weighted by atomic mass is 9.94. The van der Waals surface area contributed by atoms with Crippen LogP contribution in [0, 0.1) is 0 Å². The first-order valence-corrected chi connectivity index (χ1v) is 6.34. The van der Waals surface area contributed by atoms with Gasteiger partial charge in [-0.05, 0) is 41.3 Å². The van der Waals surface area contributed by atoms with E-state index in [1.165, 1.54) is 23.1 Å². The molecule has 1 N–H and O–H groups in total. The molecule has 1 heterocycles. The molecule has 1 aromatic rings. The zero-order valence-corrected chi connectivity index (χ0v) is 10.9. The van der Waals surface area contributed by atoms with Crippen molar-refractivity contribution in [3.63, 3.8) is 0 Å². The van der Waals surface area contributed by atoms with Crippen LogP contribution in [0.15, 0.2) is 24.4 Å². The number of nitrogens with one attached hydrogen (secondary N) is 1. The van der Waals surface area contributed by atoms with Crippen molar-refractivity contribution in [2.45, 2.75) is 46.6 Å². The number of rotatable bonds is 2. The van der Waals surface area contributed by atoms with Gasteiger partial charge in [-0.25, -0.2) is 0 Å². The maximum atomic E-state index is 3.22. The molecule has 2 rings (SSSR count). The van der Waals surface area contributed by atoms with Gasteiger partial charge in [0.05, 0.1) is 0 Å². The highest BCUT2D eigenvalue weighted by Gasteiger charge is 2.07. The lowest BCUT2D eigenvalue weighted by Gasteiger charge is -2.15. The van der Waals surface area contributed by atoms with Crippen LogP contribution in [-0.4, -0.2) is 0 Å². The summed E-state index contributed by atoms with van der Waals surface area (Å²) in [7, 11) is 0. The Kier molecular flexibility index (Phi) is 5.10. The van der Waals surface area contributed by atoms with Crippen molar-refractivity contribution < 1.29 is 0 Å². The molecule has 16 heavy (non-hydrogen) atoms. The van der Waals surface area contributed by atoms with Crippen molar-refractivity contribution in [2.75, 3.05) is 0 Å². The Morgan fingerprint density at radius 1 is 1.31 bits per heavy atom. The van der Waals surface area contributed by atoms with Crippen LogP contribution in [0.1, 0.15) is 56.7 Å². The second-order valence-corrected chi connectivity index (χ2v) is 3.98. The minimum atomic E-state index is 0.670. The van der Waals surface area contributed by atoms with E-state index >= 15 is 0 Å². The van der Waals surface area contributed by atoms with Gasteiger partial charge in [0.15, 0.2) is 0 Å². The number of fused-ring (bicyclic) bond motifs is 1. The quantitative estimate of drug-likeness (QED) is 0.778. The zero-order valence-electron chi connectivity index (χ0n) is 10.9. The highest BCUT2D eigenvalue weighted by atomic mass is 14.8. The molecule has 0 fully saturated rings. The second kappa shape index (κ2) is 6.37. The van der Waals surface area contributed by atoms with Crippen LogP contribution < -0.4 is 5.32 Å². The molecular weight excluding hydrogens is 194 g/mol. The Morgan fingerprint density at radius 2 is 2.06 bits per heavy atom. The van der Waals surface area contributed by atoms with Crippen molar-refractivity contribution in [2.24, 2.45) is 0 Å². The summed E-state index contributed by atoms with van der Waals surface area (Å²) in [6.45, 7) is 9.49. The molecule has 0 bridgehead atoms. The third-order valence-corrected chi connectivity index (χ3v) is 3.02. The fourth-order valence-corrected chi connectivity index (χ4v) is 1.79. The largest absolute Gasteiger partial charge is 0.387 e. The molecule has 0 saturated carbocycles. The number of hydrogen-bond acceptors (Lipinski definition) is 1. The Labute approximate surface area is 99.6 Å². The first-order valence-electron chi connectivity index (χ1n) is 6.34. The minimum absolute atomic E-state index is 0.670. The van der Waals surface area contributed by atoms with Crippen molar-refractivity contribution >= 4 is 6.08 Å². The van der Waals surface area contributed by atoms with Crippen molar-refractivity contribution in [3.05, 3.63) is 41.1 Å². The lowest BCUT2D eigenvalue weighted by Crippen LogP contribution is -2.10. The Balaban J connectivity index is 0.000000606. The Morgan fingerprint density at radius 3 is 2.75 bits per heavy atom. The topological polar surface area (TPSA) is 12.0 Å². The van der Waals surface area contributed by atoms with Crippen LogP contribution in [0.3, 0.4) is 0 Å². The molecule has 1 heteroatoms. The SMILES string of the molecule is CC.CCC(C)c1ccc2c(c1)C=CNC2. The number of benzene rings is 1. The van der Waals surface area contributed by atoms with Crippen molar-refractivity contribution in [3.8, 4) is 0 Å². The van der Waals surface area contributed by atoms with Gasteiger partial charge in [0.1, 0.15) is 0 Å². The maximum absolute atomic E-state index is 3.22. The highest BCUT2D eigenvalue weighted by molar-refractivity contribution is 5.57. The maximum Gasteiger partial charge on any atom is 0.0401 e. The van der Waals surface area contributed by atoms with Gasteiger partial charge in [0, 0.05) is 6.54 Å². The minimum Gasteiger partial charge on any atom is -0.387 e. The number of hydrogen-bond donors (Lipinski definition) is 1.